The van der Waals surface area contributed by atoms with E-state index in [1.807, 2.05) is 6.92 Å². The smallest absolute Gasteiger partial charge is 0.251 e. The van der Waals surface area contributed by atoms with Crippen molar-refractivity contribution in [2.24, 2.45) is 0 Å². The molecule has 0 atom stereocenters. The molecule has 0 saturated carbocycles. The van der Waals surface area contributed by atoms with Gasteiger partial charge in [0.05, 0.1) is 6.54 Å². The van der Waals surface area contributed by atoms with Gasteiger partial charge in [0, 0.05) is 12.5 Å². The minimum absolute atomic E-state index is 0.105. The molecule has 0 spiro atoms. The molecule has 1 aromatic heterocycles. The predicted molar refractivity (Wildman–Crippen MR) is 78.3 cm³/mol. The van der Waals surface area contributed by atoms with Crippen molar-refractivity contribution in [3.63, 3.8) is 0 Å². The number of aryl methyl sites for hydroxylation is 1. The van der Waals surface area contributed by atoms with Gasteiger partial charge in [-0.1, -0.05) is 6.92 Å². The van der Waals surface area contributed by atoms with Crippen molar-refractivity contribution >= 4 is 33.6 Å². The zero-order valence-electron chi connectivity index (χ0n) is 11.7. The van der Waals surface area contributed by atoms with Gasteiger partial charge in [0.15, 0.2) is 0 Å². The van der Waals surface area contributed by atoms with E-state index in [0.29, 0.717) is 16.2 Å². The first kappa shape index (κ1) is 14.9. The monoisotopic (exact) mass is 340 g/mol. The zero-order chi connectivity index (χ0) is 14.9. The summed E-state index contributed by atoms with van der Waals surface area (Å²) in [6.45, 7) is 5.69. The average Bonchev–Trinajstić information content (AvgIpc) is 2.33. The van der Waals surface area contributed by atoms with Crippen molar-refractivity contribution in [1.29, 1.82) is 0 Å². The number of hydrogen-bond donors (Lipinski definition) is 1. The summed E-state index contributed by atoms with van der Waals surface area (Å²) < 4.78 is 0.653. The standard InChI is InChI=1S/C13H17BrN4O2/c1-4-5-9-15-8(14)6-10(16-9)18-7-11(19)17-12(20)13(18,2)3/h6H,4-5,7H2,1-3H3,(H,17,19,20). The Hall–Kier alpha value is -1.50. The third-order valence-electron chi connectivity index (χ3n) is 3.26. The van der Waals surface area contributed by atoms with Gasteiger partial charge in [0.25, 0.3) is 5.91 Å². The van der Waals surface area contributed by atoms with E-state index in [4.69, 9.17) is 0 Å². The summed E-state index contributed by atoms with van der Waals surface area (Å²) in [6, 6.07) is 1.73. The number of imide groups is 1. The van der Waals surface area contributed by atoms with Gasteiger partial charge < -0.3 is 4.90 Å². The highest BCUT2D eigenvalue weighted by molar-refractivity contribution is 9.10. The van der Waals surface area contributed by atoms with Gasteiger partial charge in [-0.2, -0.15) is 0 Å². The lowest BCUT2D eigenvalue weighted by Gasteiger charge is -2.41. The van der Waals surface area contributed by atoms with E-state index >= 15 is 0 Å². The van der Waals surface area contributed by atoms with Gasteiger partial charge in [-0.25, -0.2) is 9.97 Å². The van der Waals surface area contributed by atoms with E-state index in [1.54, 1.807) is 24.8 Å². The Morgan fingerprint density at radius 1 is 1.40 bits per heavy atom. The molecule has 1 saturated heterocycles. The minimum Gasteiger partial charge on any atom is -0.333 e. The molecule has 2 rings (SSSR count). The van der Waals surface area contributed by atoms with Crippen LogP contribution in [0.4, 0.5) is 5.82 Å². The second kappa shape index (κ2) is 5.47. The number of nitrogens with zero attached hydrogens (tertiary/aromatic N) is 3. The number of halogens is 1. The van der Waals surface area contributed by atoms with Crippen molar-refractivity contribution in [2.75, 3.05) is 11.4 Å². The van der Waals surface area contributed by atoms with Crippen LogP contribution in [0.2, 0.25) is 0 Å². The van der Waals surface area contributed by atoms with Gasteiger partial charge in [-0.15, -0.1) is 0 Å². The highest BCUT2D eigenvalue weighted by Crippen LogP contribution is 2.26. The molecule has 1 fully saturated rings. The molecule has 108 valence electrons. The van der Waals surface area contributed by atoms with E-state index in [-0.39, 0.29) is 18.4 Å². The molecule has 6 nitrogen and oxygen atoms in total. The van der Waals surface area contributed by atoms with E-state index in [9.17, 15) is 9.59 Å². The highest BCUT2D eigenvalue weighted by atomic mass is 79.9. The number of nitrogens with one attached hydrogen (secondary N) is 1. The molecule has 2 heterocycles. The SMILES string of the molecule is CCCc1nc(Br)cc(N2CC(=O)NC(=O)C2(C)C)n1. The second-order valence-electron chi connectivity index (χ2n) is 5.24. The molecule has 1 N–H and O–H groups in total. The number of anilines is 1. The van der Waals surface area contributed by atoms with E-state index < -0.39 is 5.54 Å². The Morgan fingerprint density at radius 2 is 2.10 bits per heavy atom. The lowest BCUT2D eigenvalue weighted by Crippen LogP contribution is -2.64. The van der Waals surface area contributed by atoms with Crippen LogP contribution < -0.4 is 10.2 Å². The first-order valence-electron chi connectivity index (χ1n) is 6.50. The number of aromatic nitrogens is 2. The molecule has 0 radical (unpaired) electrons. The van der Waals surface area contributed by atoms with Crippen molar-refractivity contribution in [1.82, 2.24) is 15.3 Å². The third kappa shape index (κ3) is 2.82. The number of rotatable bonds is 3. The topological polar surface area (TPSA) is 75.2 Å². The van der Waals surface area contributed by atoms with Crippen LogP contribution in [-0.4, -0.2) is 33.9 Å². The lowest BCUT2D eigenvalue weighted by atomic mass is 9.99. The first-order valence-corrected chi connectivity index (χ1v) is 7.29. The predicted octanol–water partition coefficient (Wildman–Crippen LogP) is 1.43. The Labute approximate surface area is 126 Å². The molecule has 2 amide bonds. The molecule has 20 heavy (non-hydrogen) atoms. The molecular weight excluding hydrogens is 324 g/mol. The maximum Gasteiger partial charge on any atom is 0.251 e. The van der Waals surface area contributed by atoms with Crippen LogP contribution in [0.15, 0.2) is 10.7 Å². The quantitative estimate of drug-likeness (QED) is 0.665. The van der Waals surface area contributed by atoms with Gasteiger partial charge in [0.1, 0.15) is 21.8 Å². The number of hydrogen-bond acceptors (Lipinski definition) is 5. The Bertz CT molecular complexity index is 559. The zero-order valence-corrected chi connectivity index (χ0v) is 13.3. The van der Waals surface area contributed by atoms with E-state index in [1.165, 1.54) is 0 Å². The molecule has 1 aromatic rings. The Balaban J connectivity index is 2.42. The maximum absolute atomic E-state index is 12.0. The summed E-state index contributed by atoms with van der Waals surface area (Å²) in [5.41, 5.74) is -0.828. The summed E-state index contributed by atoms with van der Waals surface area (Å²) in [7, 11) is 0. The fraction of sp³-hybridized carbons (Fsp3) is 0.538. The fourth-order valence-corrected chi connectivity index (χ4v) is 2.49. The molecule has 1 aliphatic heterocycles. The van der Waals surface area contributed by atoms with Crippen LogP contribution in [0.1, 0.15) is 33.0 Å². The lowest BCUT2D eigenvalue weighted by molar-refractivity contribution is -0.135. The van der Waals surface area contributed by atoms with Crippen LogP contribution >= 0.6 is 15.9 Å². The van der Waals surface area contributed by atoms with Crippen LogP contribution in [0, 0.1) is 0 Å². The Kier molecular flexibility index (Phi) is 4.08. The van der Waals surface area contributed by atoms with Crippen molar-refractivity contribution < 1.29 is 9.59 Å². The van der Waals surface area contributed by atoms with Crippen LogP contribution in [0.3, 0.4) is 0 Å². The molecule has 0 bridgehead atoms. The molecular formula is C13H17BrN4O2. The van der Waals surface area contributed by atoms with Gasteiger partial charge >= 0.3 is 0 Å². The third-order valence-corrected chi connectivity index (χ3v) is 3.67. The molecule has 7 heteroatoms. The largest absolute Gasteiger partial charge is 0.333 e. The van der Waals surface area contributed by atoms with Gasteiger partial charge in [-0.3, -0.25) is 14.9 Å². The molecule has 0 aromatic carbocycles. The summed E-state index contributed by atoms with van der Waals surface area (Å²) >= 11 is 3.35. The minimum atomic E-state index is -0.828. The molecule has 0 unspecified atom stereocenters. The maximum atomic E-state index is 12.0. The summed E-state index contributed by atoms with van der Waals surface area (Å²) in [4.78, 5) is 34.1. The van der Waals surface area contributed by atoms with Gasteiger partial charge in [0.2, 0.25) is 5.91 Å². The summed E-state index contributed by atoms with van der Waals surface area (Å²) in [6.07, 6.45) is 1.68. The number of carbonyl (C=O) groups is 2. The fourth-order valence-electron chi connectivity index (χ4n) is 2.08. The van der Waals surface area contributed by atoms with Crippen molar-refractivity contribution in [2.45, 2.75) is 39.2 Å². The van der Waals surface area contributed by atoms with Crippen LogP contribution in [0.25, 0.3) is 0 Å². The molecule has 1 aliphatic rings. The number of carbonyl (C=O) groups excluding carboxylic acids is 2. The molecule has 0 aliphatic carbocycles. The second-order valence-corrected chi connectivity index (χ2v) is 6.05. The summed E-state index contributed by atoms with van der Waals surface area (Å²) in [5, 5.41) is 2.35. The van der Waals surface area contributed by atoms with Crippen molar-refractivity contribution in [3.8, 4) is 0 Å². The van der Waals surface area contributed by atoms with E-state index in [2.05, 4.69) is 31.2 Å². The Morgan fingerprint density at radius 3 is 2.75 bits per heavy atom. The van der Waals surface area contributed by atoms with Crippen LogP contribution in [-0.2, 0) is 16.0 Å². The number of amides is 2. The normalized spacial score (nSPS) is 18.1. The number of piperazine rings is 1. The summed E-state index contributed by atoms with van der Waals surface area (Å²) in [5.74, 6) is 0.649. The first-order chi connectivity index (χ1) is 9.34. The van der Waals surface area contributed by atoms with Crippen molar-refractivity contribution in [3.05, 3.63) is 16.5 Å². The highest BCUT2D eigenvalue weighted by Gasteiger charge is 2.41. The average molecular weight is 341 g/mol. The van der Waals surface area contributed by atoms with E-state index in [0.717, 1.165) is 12.8 Å². The van der Waals surface area contributed by atoms with Gasteiger partial charge in [-0.05, 0) is 36.2 Å². The van der Waals surface area contributed by atoms with Crippen LogP contribution in [0.5, 0.6) is 0 Å².